The standard InChI is InChI=1S/C15H20N2O/c1-10-6-7-11(2)15(13(10)4)18-9-14-8-12(3)17(5)16-14/h6-8H,9H2,1-5H3. The molecule has 0 amide bonds. The first-order valence-electron chi connectivity index (χ1n) is 6.18. The largest absolute Gasteiger partial charge is 0.487 e. The molecule has 0 bridgehead atoms. The number of hydrogen-bond acceptors (Lipinski definition) is 2. The molecule has 0 radical (unpaired) electrons. The van der Waals surface area contributed by atoms with E-state index in [9.17, 15) is 0 Å². The van der Waals surface area contributed by atoms with Crippen molar-refractivity contribution in [2.24, 2.45) is 7.05 Å². The zero-order valence-electron chi connectivity index (χ0n) is 11.7. The van der Waals surface area contributed by atoms with Crippen LogP contribution >= 0.6 is 0 Å². The van der Waals surface area contributed by atoms with E-state index >= 15 is 0 Å². The van der Waals surface area contributed by atoms with Gasteiger partial charge in [0.1, 0.15) is 18.1 Å². The van der Waals surface area contributed by atoms with E-state index in [-0.39, 0.29) is 0 Å². The molecule has 0 saturated carbocycles. The average molecular weight is 244 g/mol. The van der Waals surface area contributed by atoms with E-state index in [1.165, 1.54) is 16.7 Å². The lowest BCUT2D eigenvalue weighted by molar-refractivity contribution is 0.295. The first-order chi connectivity index (χ1) is 8.49. The van der Waals surface area contributed by atoms with Gasteiger partial charge in [0.2, 0.25) is 0 Å². The SMILES string of the molecule is Cc1ccc(C)c(OCc2cc(C)n(C)n2)c1C. The minimum absolute atomic E-state index is 0.521. The third-order valence-corrected chi connectivity index (χ3v) is 3.40. The van der Waals surface area contributed by atoms with Crippen LogP contribution in [0, 0.1) is 27.7 Å². The molecule has 0 aliphatic carbocycles. The summed E-state index contributed by atoms with van der Waals surface area (Å²) in [4.78, 5) is 0. The monoisotopic (exact) mass is 244 g/mol. The molecule has 96 valence electrons. The van der Waals surface area contributed by atoms with Crippen LogP contribution < -0.4 is 4.74 Å². The van der Waals surface area contributed by atoms with Gasteiger partial charge in [-0.15, -0.1) is 0 Å². The molecule has 1 aromatic heterocycles. The van der Waals surface area contributed by atoms with Crippen LogP contribution in [0.4, 0.5) is 0 Å². The van der Waals surface area contributed by atoms with E-state index < -0.39 is 0 Å². The summed E-state index contributed by atoms with van der Waals surface area (Å²) < 4.78 is 7.80. The molecule has 1 aromatic carbocycles. The lowest BCUT2D eigenvalue weighted by Crippen LogP contribution is -2.01. The molecule has 3 heteroatoms. The summed E-state index contributed by atoms with van der Waals surface area (Å²) in [5.74, 6) is 0.985. The second kappa shape index (κ2) is 4.84. The molecule has 0 atom stereocenters. The quantitative estimate of drug-likeness (QED) is 0.828. The van der Waals surface area contributed by atoms with E-state index in [0.29, 0.717) is 6.61 Å². The van der Waals surface area contributed by atoms with Crippen LogP contribution in [0.15, 0.2) is 18.2 Å². The third kappa shape index (κ3) is 2.40. The van der Waals surface area contributed by atoms with Crippen LogP contribution in [0.5, 0.6) is 5.75 Å². The Kier molecular flexibility index (Phi) is 3.41. The van der Waals surface area contributed by atoms with Crippen LogP contribution in [0.25, 0.3) is 0 Å². The van der Waals surface area contributed by atoms with Crippen molar-refractivity contribution in [2.45, 2.75) is 34.3 Å². The van der Waals surface area contributed by atoms with Crippen molar-refractivity contribution in [2.75, 3.05) is 0 Å². The molecule has 0 saturated heterocycles. The van der Waals surface area contributed by atoms with Crippen LogP contribution in [0.1, 0.15) is 28.1 Å². The number of aryl methyl sites for hydroxylation is 4. The zero-order chi connectivity index (χ0) is 13.3. The van der Waals surface area contributed by atoms with Gasteiger partial charge in [-0.3, -0.25) is 4.68 Å². The van der Waals surface area contributed by atoms with Crippen LogP contribution in [-0.2, 0) is 13.7 Å². The molecule has 0 aliphatic heterocycles. The smallest absolute Gasteiger partial charge is 0.132 e. The first-order valence-corrected chi connectivity index (χ1v) is 6.18. The number of nitrogens with zero attached hydrogens (tertiary/aromatic N) is 2. The topological polar surface area (TPSA) is 27.1 Å². The Morgan fingerprint density at radius 2 is 1.78 bits per heavy atom. The first kappa shape index (κ1) is 12.7. The average Bonchev–Trinajstić information content (AvgIpc) is 2.64. The Bertz CT molecular complexity index is 551. The highest BCUT2D eigenvalue weighted by atomic mass is 16.5. The van der Waals surface area contributed by atoms with Crippen LogP contribution in [0.3, 0.4) is 0 Å². The highest BCUT2D eigenvalue weighted by molar-refractivity contribution is 5.44. The van der Waals surface area contributed by atoms with Gasteiger partial charge in [0.05, 0.1) is 0 Å². The van der Waals surface area contributed by atoms with Gasteiger partial charge < -0.3 is 4.74 Å². The van der Waals surface area contributed by atoms with Gasteiger partial charge in [-0.2, -0.15) is 5.10 Å². The molecule has 0 N–H and O–H groups in total. The van der Waals surface area contributed by atoms with Gasteiger partial charge in [0, 0.05) is 12.7 Å². The van der Waals surface area contributed by atoms with Crippen molar-refractivity contribution in [3.8, 4) is 5.75 Å². The molecule has 2 rings (SSSR count). The highest BCUT2D eigenvalue weighted by Gasteiger charge is 2.08. The molecule has 0 aliphatic rings. The summed E-state index contributed by atoms with van der Waals surface area (Å²) in [5, 5.41) is 4.40. The second-order valence-electron chi connectivity index (χ2n) is 4.84. The number of rotatable bonds is 3. The van der Waals surface area contributed by atoms with Gasteiger partial charge in [-0.25, -0.2) is 0 Å². The van der Waals surface area contributed by atoms with Crippen molar-refractivity contribution in [1.82, 2.24) is 9.78 Å². The van der Waals surface area contributed by atoms with E-state index in [0.717, 1.165) is 17.1 Å². The summed E-state index contributed by atoms with van der Waals surface area (Å²) in [6.07, 6.45) is 0. The van der Waals surface area contributed by atoms with Crippen LogP contribution in [0.2, 0.25) is 0 Å². The van der Waals surface area contributed by atoms with Gasteiger partial charge in [-0.05, 0) is 50.5 Å². The molecular formula is C15H20N2O. The summed E-state index contributed by atoms with van der Waals surface area (Å²) in [5.41, 5.74) is 5.75. The number of ether oxygens (including phenoxy) is 1. The highest BCUT2D eigenvalue weighted by Crippen LogP contribution is 2.26. The predicted molar refractivity (Wildman–Crippen MR) is 72.9 cm³/mol. The predicted octanol–water partition coefficient (Wildman–Crippen LogP) is 3.23. The van der Waals surface area contributed by atoms with Crippen molar-refractivity contribution in [1.29, 1.82) is 0 Å². The van der Waals surface area contributed by atoms with E-state index in [4.69, 9.17) is 4.74 Å². The molecule has 0 unspecified atom stereocenters. The zero-order valence-corrected chi connectivity index (χ0v) is 11.7. The fraction of sp³-hybridized carbons (Fsp3) is 0.400. The Balaban J connectivity index is 2.18. The Hall–Kier alpha value is -1.77. The van der Waals surface area contributed by atoms with Crippen molar-refractivity contribution in [3.05, 3.63) is 46.3 Å². The normalized spacial score (nSPS) is 10.7. The molecule has 1 heterocycles. The summed E-state index contributed by atoms with van der Waals surface area (Å²) >= 11 is 0. The number of benzene rings is 1. The fourth-order valence-electron chi connectivity index (χ4n) is 2.00. The molecular weight excluding hydrogens is 224 g/mol. The van der Waals surface area contributed by atoms with Gasteiger partial charge >= 0.3 is 0 Å². The molecule has 0 fully saturated rings. The number of hydrogen-bond donors (Lipinski definition) is 0. The molecule has 0 spiro atoms. The molecule has 3 nitrogen and oxygen atoms in total. The minimum atomic E-state index is 0.521. The third-order valence-electron chi connectivity index (χ3n) is 3.40. The van der Waals surface area contributed by atoms with Gasteiger partial charge in [0.25, 0.3) is 0 Å². The van der Waals surface area contributed by atoms with E-state index in [1.807, 2.05) is 18.7 Å². The summed E-state index contributed by atoms with van der Waals surface area (Å²) in [6, 6.07) is 6.28. The van der Waals surface area contributed by atoms with Gasteiger partial charge in [0.15, 0.2) is 0 Å². The lowest BCUT2D eigenvalue weighted by atomic mass is 10.1. The van der Waals surface area contributed by atoms with Crippen molar-refractivity contribution >= 4 is 0 Å². The number of aromatic nitrogens is 2. The summed E-state index contributed by atoms with van der Waals surface area (Å²) in [7, 11) is 1.95. The maximum atomic E-state index is 5.93. The second-order valence-corrected chi connectivity index (χ2v) is 4.84. The molecule has 18 heavy (non-hydrogen) atoms. The fourth-order valence-corrected chi connectivity index (χ4v) is 2.00. The Morgan fingerprint density at radius 1 is 1.11 bits per heavy atom. The van der Waals surface area contributed by atoms with Crippen molar-refractivity contribution in [3.63, 3.8) is 0 Å². The summed E-state index contributed by atoms with van der Waals surface area (Å²) in [6.45, 7) is 8.84. The van der Waals surface area contributed by atoms with E-state index in [2.05, 4.69) is 44.1 Å². The van der Waals surface area contributed by atoms with E-state index in [1.54, 1.807) is 0 Å². The van der Waals surface area contributed by atoms with Crippen molar-refractivity contribution < 1.29 is 4.74 Å². The van der Waals surface area contributed by atoms with Crippen LogP contribution in [-0.4, -0.2) is 9.78 Å². The Morgan fingerprint density at radius 3 is 2.39 bits per heavy atom. The minimum Gasteiger partial charge on any atom is -0.487 e. The maximum Gasteiger partial charge on any atom is 0.132 e. The lowest BCUT2D eigenvalue weighted by Gasteiger charge is -2.12. The maximum absolute atomic E-state index is 5.93. The Labute approximate surface area is 108 Å². The molecule has 2 aromatic rings. The van der Waals surface area contributed by atoms with Gasteiger partial charge in [-0.1, -0.05) is 12.1 Å².